The maximum absolute atomic E-state index is 13.0. The summed E-state index contributed by atoms with van der Waals surface area (Å²) in [5.41, 5.74) is -0.0346. The summed E-state index contributed by atoms with van der Waals surface area (Å²) in [4.78, 5) is 40.8. The van der Waals surface area contributed by atoms with E-state index in [9.17, 15) is 19.7 Å². The molecule has 2 rings (SSSR count). The van der Waals surface area contributed by atoms with E-state index < -0.39 is 16.8 Å². The van der Waals surface area contributed by atoms with Crippen LogP contribution in [0.15, 0.2) is 23.6 Å². The first-order chi connectivity index (χ1) is 13.9. The highest BCUT2D eigenvalue weighted by atomic mass is 35.5. The molecule has 0 radical (unpaired) electrons. The van der Waals surface area contributed by atoms with Crippen molar-refractivity contribution in [3.8, 4) is 0 Å². The van der Waals surface area contributed by atoms with E-state index in [0.717, 1.165) is 6.07 Å². The Bertz CT molecular complexity index is 888. The molecule has 0 bridgehead atoms. The predicted octanol–water partition coefficient (Wildman–Crippen LogP) is 3.56. The van der Waals surface area contributed by atoms with Crippen LogP contribution in [0.3, 0.4) is 0 Å². The van der Waals surface area contributed by atoms with Crippen molar-refractivity contribution in [3.63, 3.8) is 0 Å². The first-order valence-electron chi connectivity index (χ1n) is 8.71. The molecular formula is C18H20ClN3O6S. The zero-order chi connectivity index (χ0) is 21.4. The van der Waals surface area contributed by atoms with E-state index in [-0.39, 0.29) is 28.5 Å². The molecule has 0 aliphatic heterocycles. The lowest BCUT2D eigenvalue weighted by Gasteiger charge is -2.22. The number of hydrogen-bond acceptors (Lipinski definition) is 8. The molecule has 0 aliphatic rings. The molecule has 0 atom stereocenters. The zero-order valence-corrected chi connectivity index (χ0v) is 17.5. The number of thiazole rings is 1. The van der Waals surface area contributed by atoms with Crippen LogP contribution in [0.2, 0.25) is 5.02 Å². The van der Waals surface area contributed by atoms with Gasteiger partial charge in [0.25, 0.3) is 11.6 Å². The molecule has 9 nitrogen and oxygen atoms in total. The second-order valence-electron chi connectivity index (χ2n) is 5.82. The van der Waals surface area contributed by atoms with Gasteiger partial charge in [0.05, 0.1) is 18.6 Å². The van der Waals surface area contributed by atoms with Gasteiger partial charge in [-0.2, -0.15) is 0 Å². The summed E-state index contributed by atoms with van der Waals surface area (Å²) in [5.74, 6) is -0.967. The predicted molar refractivity (Wildman–Crippen MR) is 107 cm³/mol. The van der Waals surface area contributed by atoms with Gasteiger partial charge in [-0.15, -0.1) is 11.3 Å². The van der Waals surface area contributed by atoms with Crippen molar-refractivity contribution in [2.24, 2.45) is 0 Å². The van der Waals surface area contributed by atoms with Gasteiger partial charge in [0.15, 0.2) is 5.69 Å². The number of nitro benzene ring substituents is 1. The summed E-state index contributed by atoms with van der Waals surface area (Å²) in [6, 6.07) is 3.92. The summed E-state index contributed by atoms with van der Waals surface area (Å²) in [6.07, 6.45) is 0.574. The van der Waals surface area contributed by atoms with Crippen molar-refractivity contribution >= 4 is 40.5 Å². The second kappa shape index (κ2) is 10.8. The number of nitrogens with zero attached hydrogens (tertiary/aromatic N) is 3. The lowest BCUT2D eigenvalue weighted by atomic mass is 10.1. The third kappa shape index (κ3) is 6.21. The Morgan fingerprint density at radius 2 is 2.14 bits per heavy atom. The average Bonchev–Trinajstić information content (AvgIpc) is 3.18. The lowest BCUT2D eigenvalue weighted by Crippen LogP contribution is -2.32. The number of ether oxygens (including phenoxy) is 2. The molecule has 0 aliphatic carbocycles. The molecule has 0 fully saturated rings. The zero-order valence-electron chi connectivity index (χ0n) is 15.9. The first kappa shape index (κ1) is 22.7. The Morgan fingerprint density at radius 1 is 1.38 bits per heavy atom. The highest BCUT2D eigenvalue weighted by Crippen LogP contribution is 2.26. The summed E-state index contributed by atoms with van der Waals surface area (Å²) < 4.78 is 9.96. The Balaban J connectivity index is 2.23. The lowest BCUT2D eigenvalue weighted by molar-refractivity contribution is -0.384. The number of hydrogen-bond donors (Lipinski definition) is 0. The minimum atomic E-state index is -0.637. The van der Waals surface area contributed by atoms with Gasteiger partial charge in [0, 0.05) is 36.8 Å². The second-order valence-corrected chi connectivity index (χ2v) is 7.17. The molecule has 1 aromatic heterocycles. The van der Waals surface area contributed by atoms with Crippen LogP contribution in [0.4, 0.5) is 5.69 Å². The maximum atomic E-state index is 13.0. The van der Waals surface area contributed by atoms with Gasteiger partial charge in [-0.25, -0.2) is 9.78 Å². The molecule has 1 amide bonds. The number of halogens is 1. The number of carbonyl (C=O) groups excluding carboxylic acids is 2. The van der Waals surface area contributed by atoms with Crippen LogP contribution in [0, 0.1) is 10.1 Å². The van der Waals surface area contributed by atoms with Gasteiger partial charge in [-0.3, -0.25) is 14.9 Å². The summed E-state index contributed by atoms with van der Waals surface area (Å²) in [7, 11) is 1.26. The van der Waals surface area contributed by atoms with Crippen molar-refractivity contribution in [2.45, 2.75) is 19.9 Å². The van der Waals surface area contributed by atoms with Gasteiger partial charge in [-0.05, 0) is 25.5 Å². The molecule has 0 N–H and O–H groups in total. The smallest absolute Gasteiger partial charge is 0.357 e. The van der Waals surface area contributed by atoms with E-state index in [4.69, 9.17) is 16.3 Å². The molecule has 1 aromatic carbocycles. The number of benzene rings is 1. The monoisotopic (exact) mass is 441 g/mol. The fraction of sp³-hybridized carbons (Fsp3) is 0.389. The van der Waals surface area contributed by atoms with Crippen LogP contribution in [-0.4, -0.2) is 53.6 Å². The van der Waals surface area contributed by atoms with Gasteiger partial charge in [0.2, 0.25) is 0 Å². The number of carbonyl (C=O) groups is 2. The normalized spacial score (nSPS) is 10.6. The molecule has 0 saturated carbocycles. The van der Waals surface area contributed by atoms with E-state index in [1.165, 1.54) is 35.5 Å². The number of rotatable bonds is 10. The van der Waals surface area contributed by atoms with Gasteiger partial charge >= 0.3 is 5.97 Å². The maximum Gasteiger partial charge on any atom is 0.357 e. The quantitative estimate of drug-likeness (QED) is 0.240. The highest BCUT2D eigenvalue weighted by Gasteiger charge is 2.22. The molecule has 2 aromatic rings. The third-order valence-corrected chi connectivity index (χ3v) is 5.02. The van der Waals surface area contributed by atoms with Crippen molar-refractivity contribution in [1.82, 2.24) is 9.88 Å². The molecular weight excluding hydrogens is 422 g/mol. The van der Waals surface area contributed by atoms with Crippen molar-refractivity contribution in [3.05, 3.63) is 55.0 Å². The standard InChI is InChI=1S/C18H20ClN3O6S/c1-3-28-8-4-7-21(10-16-20-14(11-29-16)18(24)27-2)17(23)12-5-6-13(19)15(9-12)22(25)26/h5-6,9,11H,3-4,7-8,10H2,1-2H3. The largest absolute Gasteiger partial charge is 0.464 e. The van der Waals surface area contributed by atoms with Gasteiger partial charge in [0.1, 0.15) is 10.0 Å². The number of methoxy groups -OCH3 is 1. The van der Waals surface area contributed by atoms with E-state index in [0.29, 0.717) is 31.2 Å². The van der Waals surface area contributed by atoms with E-state index in [1.54, 1.807) is 5.38 Å². The molecule has 156 valence electrons. The molecule has 1 heterocycles. The van der Waals surface area contributed by atoms with Crippen LogP contribution in [0.25, 0.3) is 0 Å². The van der Waals surface area contributed by atoms with Gasteiger partial charge in [-0.1, -0.05) is 11.6 Å². The van der Waals surface area contributed by atoms with E-state index in [2.05, 4.69) is 9.72 Å². The first-order valence-corrected chi connectivity index (χ1v) is 9.96. The van der Waals surface area contributed by atoms with Crippen molar-refractivity contribution in [2.75, 3.05) is 26.9 Å². The molecule has 29 heavy (non-hydrogen) atoms. The topological polar surface area (TPSA) is 112 Å². The van der Waals surface area contributed by atoms with Crippen molar-refractivity contribution < 1.29 is 24.0 Å². The highest BCUT2D eigenvalue weighted by molar-refractivity contribution is 7.09. The fourth-order valence-corrected chi connectivity index (χ4v) is 3.43. The fourth-order valence-electron chi connectivity index (χ4n) is 2.47. The number of esters is 1. The van der Waals surface area contributed by atoms with Crippen molar-refractivity contribution in [1.29, 1.82) is 0 Å². The van der Waals surface area contributed by atoms with Crippen LogP contribution in [-0.2, 0) is 16.0 Å². The Hall–Kier alpha value is -2.56. The minimum absolute atomic E-state index is 0.0444. The number of amides is 1. The molecule has 11 heteroatoms. The van der Waals surface area contributed by atoms with Crippen LogP contribution >= 0.6 is 22.9 Å². The minimum Gasteiger partial charge on any atom is -0.464 e. The molecule has 0 unspecified atom stereocenters. The Labute approximate surface area is 176 Å². The average molecular weight is 442 g/mol. The van der Waals surface area contributed by atoms with Gasteiger partial charge < -0.3 is 14.4 Å². The number of nitro groups is 1. The van der Waals surface area contributed by atoms with Crippen LogP contribution in [0.1, 0.15) is 39.2 Å². The third-order valence-electron chi connectivity index (χ3n) is 3.87. The molecule has 0 saturated heterocycles. The summed E-state index contributed by atoms with van der Waals surface area (Å²) in [5, 5.41) is 13.2. The van der Waals surface area contributed by atoms with Crippen LogP contribution < -0.4 is 0 Å². The Morgan fingerprint density at radius 3 is 2.79 bits per heavy atom. The SMILES string of the molecule is CCOCCCN(Cc1nc(C(=O)OC)cs1)C(=O)c1ccc(Cl)c([N+](=O)[O-])c1. The van der Waals surface area contributed by atoms with Crippen LogP contribution in [0.5, 0.6) is 0 Å². The molecule has 0 spiro atoms. The van der Waals surface area contributed by atoms with E-state index >= 15 is 0 Å². The summed E-state index contributed by atoms with van der Waals surface area (Å²) >= 11 is 7.06. The summed E-state index contributed by atoms with van der Waals surface area (Å²) in [6.45, 7) is 3.39. The Kier molecular flexibility index (Phi) is 8.50. The van der Waals surface area contributed by atoms with E-state index in [1.807, 2.05) is 6.92 Å². The number of aromatic nitrogens is 1.